The molecule has 1 N–H and O–H groups in total. The molecular formula is C27H21Cl2N5O2S. The third-order valence-corrected chi connectivity index (χ3v) is 7.91. The second-order valence-corrected chi connectivity index (χ2v) is 10.7. The lowest BCUT2D eigenvalue weighted by Gasteiger charge is -2.22. The smallest absolute Gasteiger partial charge is 0.274 e. The van der Waals surface area contributed by atoms with Crippen molar-refractivity contribution in [3.05, 3.63) is 98.3 Å². The summed E-state index contributed by atoms with van der Waals surface area (Å²) in [4.78, 5) is 37.0. The van der Waals surface area contributed by atoms with Gasteiger partial charge in [0, 0.05) is 35.9 Å². The summed E-state index contributed by atoms with van der Waals surface area (Å²) in [5, 5.41) is 8.83. The summed E-state index contributed by atoms with van der Waals surface area (Å²) in [6, 6.07) is 15.1. The van der Waals surface area contributed by atoms with Crippen LogP contribution in [0.5, 0.6) is 0 Å². The Bertz CT molecular complexity index is 1660. The van der Waals surface area contributed by atoms with E-state index < -0.39 is 0 Å². The molecule has 3 aromatic heterocycles. The maximum absolute atomic E-state index is 13.3. The van der Waals surface area contributed by atoms with Crippen LogP contribution in [0.15, 0.2) is 66.3 Å². The van der Waals surface area contributed by atoms with Gasteiger partial charge < -0.3 is 14.6 Å². The fraction of sp³-hybridized carbons (Fsp3) is 0.185. The Morgan fingerprint density at radius 1 is 0.973 bits per heavy atom. The zero-order chi connectivity index (χ0) is 25.5. The number of nitrogens with one attached hydrogen (secondary N) is 1. The zero-order valence-electron chi connectivity index (χ0n) is 19.5. The molecule has 5 aromatic rings. The number of amides is 2. The molecule has 186 valence electrons. The number of imidazole rings is 1. The molecular weight excluding hydrogens is 529 g/mol. The Hall–Kier alpha value is -3.46. The SMILES string of the molecule is O=C(NCc1ccc2cc(Cl)ccc2c1)c1csc(C2CCCN2C(=O)c2cn3cc(Cl)ccc3n2)n1. The third kappa shape index (κ3) is 4.80. The highest BCUT2D eigenvalue weighted by molar-refractivity contribution is 7.09. The standard InChI is InChI=1S/C27H21Cl2N5O2S/c28-19-6-5-17-10-16(3-4-18(17)11-19)12-30-25(35)22-15-37-26(32-22)23-2-1-9-34(23)27(36)21-14-33-13-20(29)7-8-24(33)31-21/h3-8,10-11,13-15,23H,1-2,9,12H2,(H,30,35). The molecule has 1 atom stereocenters. The molecule has 7 nitrogen and oxygen atoms in total. The van der Waals surface area contributed by atoms with Gasteiger partial charge in [0.1, 0.15) is 22.0 Å². The molecule has 0 aliphatic carbocycles. The minimum absolute atomic E-state index is 0.152. The molecule has 6 rings (SSSR count). The number of nitrogens with zero attached hydrogens (tertiary/aromatic N) is 4. The van der Waals surface area contributed by atoms with E-state index in [-0.39, 0.29) is 17.9 Å². The number of pyridine rings is 1. The van der Waals surface area contributed by atoms with Crippen molar-refractivity contribution in [2.75, 3.05) is 6.54 Å². The number of carbonyl (C=O) groups excluding carboxylic acids is 2. The number of rotatable bonds is 5. The fourth-order valence-electron chi connectivity index (χ4n) is 4.68. The van der Waals surface area contributed by atoms with Crippen molar-refractivity contribution in [2.45, 2.75) is 25.4 Å². The molecule has 4 heterocycles. The second-order valence-electron chi connectivity index (χ2n) is 8.97. The number of fused-ring (bicyclic) bond motifs is 2. The molecule has 2 amide bonds. The van der Waals surface area contributed by atoms with Gasteiger partial charge in [-0.15, -0.1) is 11.3 Å². The van der Waals surface area contributed by atoms with Gasteiger partial charge in [-0.2, -0.15) is 0 Å². The Labute approximate surface area is 226 Å². The van der Waals surface area contributed by atoms with Gasteiger partial charge in [0.15, 0.2) is 0 Å². The van der Waals surface area contributed by atoms with Crippen LogP contribution in [0.1, 0.15) is 50.4 Å². The first kappa shape index (κ1) is 23.9. The van der Waals surface area contributed by atoms with Crippen LogP contribution >= 0.6 is 34.5 Å². The average Bonchev–Trinajstić information content (AvgIpc) is 3.65. The summed E-state index contributed by atoms with van der Waals surface area (Å²) >= 11 is 13.5. The number of thiazole rings is 1. The van der Waals surface area contributed by atoms with E-state index in [1.54, 1.807) is 39.2 Å². The van der Waals surface area contributed by atoms with Crippen molar-refractivity contribution >= 4 is 62.8 Å². The molecule has 2 aromatic carbocycles. The van der Waals surface area contributed by atoms with Crippen LogP contribution in [0.2, 0.25) is 10.0 Å². The Kier molecular flexibility index (Phi) is 6.32. The van der Waals surface area contributed by atoms with Gasteiger partial charge in [0.2, 0.25) is 0 Å². The molecule has 1 unspecified atom stereocenters. The maximum Gasteiger partial charge on any atom is 0.274 e. The molecule has 1 fully saturated rings. The number of halogens is 2. The first-order valence-corrected chi connectivity index (χ1v) is 13.5. The first-order chi connectivity index (χ1) is 17.9. The molecule has 0 bridgehead atoms. The molecule has 1 aliphatic heterocycles. The van der Waals surface area contributed by atoms with Crippen molar-refractivity contribution < 1.29 is 9.59 Å². The van der Waals surface area contributed by atoms with Crippen LogP contribution in [0.25, 0.3) is 16.4 Å². The number of carbonyl (C=O) groups is 2. The average molecular weight is 550 g/mol. The van der Waals surface area contributed by atoms with Crippen LogP contribution in [-0.4, -0.2) is 37.6 Å². The lowest BCUT2D eigenvalue weighted by atomic mass is 10.1. The monoisotopic (exact) mass is 549 g/mol. The van der Waals surface area contributed by atoms with Crippen molar-refractivity contribution in [3.8, 4) is 0 Å². The number of benzene rings is 2. The van der Waals surface area contributed by atoms with Gasteiger partial charge in [0.25, 0.3) is 11.8 Å². The van der Waals surface area contributed by atoms with Gasteiger partial charge in [-0.1, -0.05) is 41.4 Å². The van der Waals surface area contributed by atoms with E-state index in [1.165, 1.54) is 11.3 Å². The predicted octanol–water partition coefficient (Wildman–Crippen LogP) is 6.16. The van der Waals surface area contributed by atoms with Crippen molar-refractivity contribution in [1.29, 1.82) is 0 Å². The van der Waals surface area contributed by atoms with Crippen LogP contribution in [0, 0.1) is 0 Å². The summed E-state index contributed by atoms with van der Waals surface area (Å²) in [5.41, 5.74) is 2.36. The fourth-order valence-corrected chi connectivity index (χ4v) is 5.97. The van der Waals surface area contributed by atoms with Crippen LogP contribution < -0.4 is 5.32 Å². The Balaban J connectivity index is 1.14. The van der Waals surface area contributed by atoms with Crippen LogP contribution in [0.4, 0.5) is 0 Å². The quantitative estimate of drug-likeness (QED) is 0.284. The zero-order valence-corrected chi connectivity index (χ0v) is 21.9. The molecule has 10 heteroatoms. The lowest BCUT2D eigenvalue weighted by molar-refractivity contribution is 0.0730. The highest BCUT2D eigenvalue weighted by atomic mass is 35.5. The van der Waals surface area contributed by atoms with E-state index >= 15 is 0 Å². The summed E-state index contributed by atoms with van der Waals surface area (Å²) in [6.45, 7) is 1.00. The van der Waals surface area contributed by atoms with Crippen LogP contribution in [0.3, 0.4) is 0 Å². The normalized spacial score (nSPS) is 15.5. The summed E-state index contributed by atoms with van der Waals surface area (Å²) in [6.07, 6.45) is 5.08. The van der Waals surface area contributed by atoms with E-state index in [9.17, 15) is 9.59 Å². The van der Waals surface area contributed by atoms with Gasteiger partial charge in [-0.05, 0) is 59.5 Å². The van der Waals surface area contributed by atoms with Gasteiger partial charge in [0.05, 0.1) is 11.1 Å². The van der Waals surface area contributed by atoms with E-state index in [0.717, 1.165) is 34.2 Å². The van der Waals surface area contributed by atoms with Crippen molar-refractivity contribution in [1.82, 2.24) is 24.6 Å². The van der Waals surface area contributed by atoms with Crippen molar-refractivity contribution in [3.63, 3.8) is 0 Å². The molecule has 0 spiro atoms. The van der Waals surface area contributed by atoms with Crippen LogP contribution in [-0.2, 0) is 6.54 Å². The highest BCUT2D eigenvalue weighted by Gasteiger charge is 2.34. The minimum atomic E-state index is -0.244. The van der Waals surface area contributed by atoms with E-state index in [0.29, 0.717) is 40.2 Å². The number of aromatic nitrogens is 3. The molecule has 1 saturated heterocycles. The molecule has 0 radical (unpaired) electrons. The summed E-state index contributed by atoms with van der Waals surface area (Å²) in [5.74, 6) is -0.395. The van der Waals surface area contributed by atoms with Gasteiger partial charge in [-0.25, -0.2) is 9.97 Å². The summed E-state index contributed by atoms with van der Waals surface area (Å²) < 4.78 is 1.75. The van der Waals surface area contributed by atoms with Gasteiger partial charge >= 0.3 is 0 Å². The third-order valence-electron chi connectivity index (χ3n) is 6.51. The second kappa shape index (κ2) is 9.78. The van der Waals surface area contributed by atoms with E-state index in [2.05, 4.69) is 15.3 Å². The molecule has 0 saturated carbocycles. The number of likely N-dealkylation sites (tertiary alicyclic amines) is 1. The van der Waals surface area contributed by atoms with E-state index in [4.69, 9.17) is 23.2 Å². The highest BCUT2D eigenvalue weighted by Crippen LogP contribution is 2.35. The number of hydrogen-bond donors (Lipinski definition) is 1. The maximum atomic E-state index is 13.3. The molecule has 37 heavy (non-hydrogen) atoms. The first-order valence-electron chi connectivity index (χ1n) is 11.8. The topological polar surface area (TPSA) is 79.6 Å². The minimum Gasteiger partial charge on any atom is -0.347 e. The summed E-state index contributed by atoms with van der Waals surface area (Å²) in [7, 11) is 0. The predicted molar refractivity (Wildman–Crippen MR) is 145 cm³/mol. The van der Waals surface area contributed by atoms with Crippen molar-refractivity contribution in [2.24, 2.45) is 0 Å². The van der Waals surface area contributed by atoms with E-state index in [1.807, 2.05) is 36.4 Å². The number of hydrogen-bond acceptors (Lipinski definition) is 5. The van der Waals surface area contributed by atoms with Gasteiger partial charge in [-0.3, -0.25) is 9.59 Å². The lowest BCUT2D eigenvalue weighted by Crippen LogP contribution is -2.31. The molecule has 1 aliphatic rings. The Morgan fingerprint density at radius 2 is 1.78 bits per heavy atom. The Morgan fingerprint density at radius 3 is 2.68 bits per heavy atom. The largest absolute Gasteiger partial charge is 0.347 e.